The Balaban J connectivity index is 2.42. The highest BCUT2D eigenvalue weighted by Gasteiger charge is 2.15. The van der Waals surface area contributed by atoms with Gasteiger partial charge in [0.15, 0.2) is 0 Å². The molecular weight excluding hydrogens is 146 g/mol. The minimum Gasteiger partial charge on any atom is -0.327 e. The Morgan fingerprint density at radius 1 is 1.42 bits per heavy atom. The van der Waals surface area contributed by atoms with Gasteiger partial charge >= 0.3 is 0 Å². The molecule has 1 aromatic rings. The summed E-state index contributed by atoms with van der Waals surface area (Å²) >= 11 is 0. The first-order chi connectivity index (χ1) is 5.77. The highest BCUT2D eigenvalue weighted by Crippen LogP contribution is 2.23. The molecule has 1 aromatic carbocycles. The lowest BCUT2D eigenvalue weighted by atomic mass is 9.86. The van der Waals surface area contributed by atoms with Crippen LogP contribution in [0.3, 0.4) is 0 Å². The van der Waals surface area contributed by atoms with Crippen molar-refractivity contribution in [2.45, 2.75) is 32.2 Å². The van der Waals surface area contributed by atoms with E-state index < -0.39 is 0 Å². The van der Waals surface area contributed by atoms with E-state index >= 15 is 0 Å². The predicted octanol–water partition coefficient (Wildman–Crippen LogP) is 1.81. The van der Waals surface area contributed by atoms with Crippen molar-refractivity contribution in [3.63, 3.8) is 0 Å². The lowest BCUT2D eigenvalue weighted by molar-refractivity contribution is 0.575. The maximum atomic E-state index is 5.90. The van der Waals surface area contributed by atoms with Gasteiger partial charge in [-0.2, -0.15) is 0 Å². The summed E-state index contributed by atoms with van der Waals surface area (Å²) < 4.78 is 0. The molecule has 2 rings (SSSR count). The minimum absolute atomic E-state index is 0.388. The second kappa shape index (κ2) is 2.91. The maximum Gasteiger partial charge on any atom is 0.00825 e. The topological polar surface area (TPSA) is 26.0 Å². The van der Waals surface area contributed by atoms with Gasteiger partial charge in [-0.1, -0.05) is 18.2 Å². The van der Waals surface area contributed by atoms with Gasteiger partial charge in [0.2, 0.25) is 0 Å². The van der Waals surface area contributed by atoms with E-state index in [0.29, 0.717) is 6.04 Å². The average Bonchev–Trinajstić information content (AvgIpc) is 2.04. The second-order valence-corrected chi connectivity index (χ2v) is 3.72. The number of fused-ring (bicyclic) bond motifs is 1. The van der Waals surface area contributed by atoms with Gasteiger partial charge in [-0.05, 0) is 42.9 Å². The molecule has 64 valence electrons. The van der Waals surface area contributed by atoms with Crippen molar-refractivity contribution in [3.05, 3.63) is 34.9 Å². The van der Waals surface area contributed by atoms with Crippen LogP contribution < -0.4 is 5.73 Å². The first kappa shape index (κ1) is 7.81. The minimum atomic E-state index is 0.388. The number of benzene rings is 1. The van der Waals surface area contributed by atoms with E-state index in [0.717, 1.165) is 12.8 Å². The van der Waals surface area contributed by atoms with E-state index in [4.69, 9.17) is 5.73 Å². The standard InChI is InChI=1S/C11H15N/c1-8-3-2-4-9-7-10(12)5-6-11(8)9/h2-4,10H,5-7,12H2,1H3/t10-/m0/s1. The fourth-order valence-electron chi connectivity index (χ4n) is 2.03. The normalized spacial score (nSPS) is 22.0. The Labute approximate surface area is 73.6 Å². The Morgan fingerprint density at radius 2 is 2.25 bits per heavy atom. The van der Waals surface area contributed by atoms with Crippen molar-refractivity contribution < 1.29 is 0 Å². The number of rotatable bonds is 0. The average molecular weight is 161 g/mol. The van der Waals surface area contributed by atoms with Crippen LogP contribution >= 0.6 is 0 Å². The van der Waals surface area contributed by atoms with Crippen LogP contribution in [-0.2, 0) is 12.8 Å². The van der Waals surface area contributed by atoms with Crippen LogP contribution in [-0.4, -0.2) is 6.04 Å². The van der Waals surface area contributed by atoms with Gasteiger partial charge in [-0.15, -0.1) is 0 Å². The van der Waals surface area contributed by atoms with E-state index in [1.54, 1.807) is 5.56 Å². The predicted molar refractivity (Wildman–Crippen MR) is 51.2 cm³/mol. The molecule has 0 heterocycles. The largest absolute Gasteiger partial charge is 0.327 e. The number of aryl methyl sites for hydroxylation is 1. The van der Waals surface area contributed by atoms with E-state index in [1.165, 1.54) is 17.5 Å². The zero-order chi connectivity index (χ0) is 8.55. The number of hydrogen-bond donors (Lipinski definition) is 1. The van der Waals surface area contributed by atoms with Gasteiger partial charge in [0.25, 0.3) is 0 Å². The van der Waals surface area contributed by atoms with E-state index in [9.17, 15) is 0 Å². The Bertz CT molecular complexity index is 291. The summed E-state index contributed by atoms with van der Waals surface area (Å²) in [4.78, 5) is 0. The molecule has 1 aliphatic rings. The first-order valence-electron chi connectivity index (χ1n) is 4.60. The smallest absolute Gasteiger partial charge is 0.00825 e. The number of nitrogens with two attached hydrogens (primary N) is 1. The third kappa shape index (κ3) is 1.25. The van der Waals surface area contributed by atoms with Crippen molar-refractivity contribution in [1.82, 2.24) is 0 Å². The molecule has 2 N–H and O–H groups in total. The molecule has 0 unspecified atom stereocenters. The molecule has 0 spiro atoms. The monoisotopic (exact) mass is 161 g/mol. The lowest BCUT2D eigenvalue weighted by Crippen LogP contribution is -2.28. The van der Waals surface area contributed by atoms with Crippen molar-refractivity contribution in [2.24, 2.45) is 5.73 Å². The van der Waals surface area contributed by atoms with Crippen LogP contribution in [0.1, 0.15) is 23.1 Å². The molecule has 0 saturated carbocycles. The third-order valence-corrected chi connectivity index (χ3v) is 2.75. The van der Waals surface area contributed by atoms with Crippen LogP contribution in [0.4, 0.5) is 0 Å². The molecule has 0 amide bonds. The van der Waals surface area contributed by atoms with Gasteiger partial charge in [-0.3, -0.25) is 0 Å². The van der Waals surface area contributed by atoms with Crippen LogP contribution in [0, 0.1) is 6.92 Å². The molecule has 0 saturated heterocycles. The lowest BCUT2D eigenvalue weighted by Gasteiger charge is -2.22. The Hall–Kier alpha value is -0.820. The Morgan fingerprint density at radius 3 is 3.08 bits per heavy atom. The fraction of sp³-hybridized carbons (Fsp3) is 0.455. The summed E-state index contributed by atoms with van der Waals surface area (Å²) in [5, 5.41) is 0. The molecule has 1 heteroatoms. The summed E-state index contributed by atoms with van der Waals surface area (Å²) in [5.74, 6) is 0. The van der Waals surface area contributed by atoms with Gasteiger partial charge in [0, 0.05) is 6.04 Å². The molecule has 0 aromatic heterocycles. The van der Waals surface area contributed by atoms with Crippen molar-refractivity contribution >= 4 is 0 Å². The molecular formula is C11H15N. The quantitative estimate of drug-likeness (QED) is 0.617. The molecule has 12 heavy (non-hydrogen) atoms. The summed E-state index contributed by atoms with van der Waals surface area (Å²) in [6.45, 7) is 2.19. The van der Waals surface area contributed by atoms with Crippen molar-refractivity contribution in [2.75, 3.05) is 0 Å². The van der Waals surface area contributed by atoms with Gasteiger partial charge in [-0.25, -0.2) is 0 Å². The van der Waals surface area contributed by atoms with Crippen LogP contribution in [0.15, 0.2) is 18.2 Å². The van der Waals surface area contributed by atoms with Crippen LogP contribution in [0.25, 0.3) is 0 Å². The van der Waals surface area contributed by atoms with Crippen molar-refractivity contribution in [1.29, 1.82) is 0 Å². The Kier molecular flexibility index (Phi) is 1.89. The second-order valence-electron chi connectivity index (χ2n) is 3.72. The molecule has 1 nitrogen and oxygen atoms in total. The van der Waals surface area contributed by atoms with Crippen LogP contribution in [0.2, 0.25) is 0 Å². The zero-order valence-corrected chi connectivity index (χ0v) is 7.51. The molecule has 1 atom stereocenters. The molecule has 0 aliphatic heterocycles. The summed E-state index contributed by atoms with van der Waals surface area (Å²) in [6.07, 6.45) is 3.39. The van der Waals surface area contributed by atoms with Gasteiger partial charge < -0.3 is 5.73 Å². The first-order valence-corrected chi connectivity index (χ1v) is 4.60. The molecule has 1 aliphatic carbocycles. The van der Waals surface area contributed by atoms with Crippen LogP contribution in [0.5, 0.6) is 0 Å². The maximum absolute atomic E-state index is 5.90. The zero-order valence-electron chi connectivity index (χ0n) is 7.51. The van der Waals surface area contributed by atoms with Crippen molar-refractivity contribution in [3.8, 4) is 0 Å². The highest BCUT2D eigenvalue weighted by molar-refractivity contribution is 5.36. The van der Waals surface area contributed by atoms with E-state index in [2.05, 4.69) is 25.1 Å². The molecule has 0 bridgehead atoms. The summed E-state index contributed by atoms with van der Waals surface area (Å²) in [6, 6.07) is 6.92. The van der Waals surface area contributed by atoms with Gasteiger partial charge in [0.1, 0.15) is 0 Å². The molecule has 0 radical (unpaired) electrons. The molecule has 0 fully saturated rings. The summed E-state index contributed by atoms with van der Waals surface area (Å²) in [7, 11) is 0. The van der Waals surface area contributed by atoms with E-state index in [1.807, 2.05) is 0 Å². The fourth-order valence-corrected chi connectivity index (χ4v) is 2.03. The number of hydrogen-bond acceptors (Lipinski definition) is 1. The van der Waals surface area contributed by atoms with E-state index in [-0.39, 0.29) is 0 Å². The summed E-state index contributed by atoms with van der Waals surface area (Å²) in [5.41, 5.74) is 10.3. The SMILES string of the molecule is Cc1cccc2c1CC[C@H](N)C2. The third-order valence-electron chi connectivity index (χ3n) is 2.75. The van der Waals surface area contributed by atoms with Gasteiger partial charge in [0.05, 0.1) is 0 Å². The highest BCUT2D eigenvalue weighted by atomic mass is 14.6.